The van der Waals surface area contributed by atoms with E-state index in [4.69, 9.17) is 4.74 Å². The Hall–Kier alpha value is -3.48. The molecule has 2 aromatic rings. The fourth-order valence-corrected chi connectivity index (χ4v) is 2.40. The highest BCUT2D eigenvalue weighted by molar-refractivity contribution is 6.18. The maximum Gasteiger partial charge on any atom is 0.338 e. The Morgan fingerprint density at radius 3 is 1.81 bits per heavy atom. The largest absolute Gasteiger partial charge is 0.478 e. The molecule has 0 aliphatic carbocycles. The van der Waals surface area contributed by atoms with Gasteiger partial charge in [0.1, 0.15) is 5.60 Å². The third-order valence-electron chi connectivity index (χ3n) is 3.53. The number of hydrogen-bond acceptors (Lipinski definition) is 5. The van der Waals surface area contributed by atoms with Gasteiger partial charge in [-0.2, -0.15) is 0 Å². The summed E-state index contributed by atoms with van der Waals surface area (Å²) in [6.45, 7) is 5.01. The summed E-state index contributed by atoms with van der Waals surface area (Å²) >= 11 is 0. The number of carbonyl (C=O) groups excluding carboxylic acids is 2. The molecule has 0 radical (unpaired) electrons. The summed E-state index contributed by atoms with van der Waals surface area (Å²) in [7, 11) is 0. The van der Waals surface area contributed by atoms with Gasteiger partial charge in [0.15, 0.2) is 5.78 Å². The molecule has 7 heteroatoms. The molecule has 0 amide bonds. The Morgan fingerprint density at radius 1 is 0.778 bits per heavy atom. The lowest BCUT2D eigenvalue weighted by atomic mass is 9.93. The Morgan fingerprint density at radius 2 is 1.30 bits per heavy atom. The molecule has 0 aromatic heterocycles. The van der Waals surface area contributed by atoms with Gasteiger partial charge in [-0.05, 0) is 45.0 Å². The van der Waals surface area contributed by atoms with Crippen LogP contribution in [0.25, 0.3) is 0 Å². The van der Waals surface area contributed by atoms with Gasteiger partial charge in [0, 0.05) is 11.1 Å². The van der Waals surface area contributed by atoms with Crippen molar-refractivity contribution in [2.75, 3.05) is 0 Å². The molecule has 0 saturated heterocycles. The first-order chi connectivity index (χ1) is 12.5. The second-order valence-corrected chi connectivity index (χ2v) is 6.75. The summed E-state index contributed by atoms with van der Waals surface area (Å²) in [6, 6.07) is 9.01. The minimum absolute atomic E-state index is 0.0228. The Labute approximate surface area is 155 Å². The monoisotopic (exact) mass is 370 g/mol. The highest BCUT2D eigenvalue weighted by atomic mass is 16.6. The lowest BCUT2D eigenvalue weighted by molar-refractivity contribution is 0.00691. The third kappa shape index (κ3) is 4.58. The van der Waals surface area contributed by atoms with Crippen LogP contribution in [0.2, 0.25) is 0 Å². The van der Waals surface area contributed by atoms with E-state index in [1.165, 1.54) is 36.4 Å². The predicted molar refractivity (Wildman–Crippen MR) is 95.4 cm³/mol. The van der Waals surface area contributed by atoms with Gasteiger partial charge in [0.05, 0.1) is 16.7 Å². The number of carboxylic acids is 2. The zero-order chi connectivity index (χ0) is 20.4. The topological polar surface area (TPSA) is 118 Å². The summed E-state index contributed by atoms with van der Waals surface area (Å²) in [5.74, 6) is -4.21. The molecule has 0 fully saturated rings. The SMILES string of the molecule is CC(C)(C)OC(=O)c1ccc(C(=O)c2ccccc2C(=O)O)c(C(=O)O)c1. The first kappa shape index (κ1) is 19.8. The Bertz CT molecular complexity index is 936. The number of hydrogen-bond donors (Lipinski definition) is 2. The minimum Gasteiger partial charge on any atom is -0.478 e. The van der Waals surface area contributed by atoms with E-state index < -0.39 is 34.9 Å². The molecule has 0 bridgehead atoms. The van der Waals surface area contributed by atoms with Crippen LogP contribution in [0.1, 0.15) is 67.8 Å². The summed E-state index contributed by atoms with van der Waals surface area (Å²) < 4.78 is 5.20. The summed E-state index contributed by atoms with van der Waals surface area (Å²) in [4.78, 5) is 47.9. The van der Waals surface area contributed by atoms with Crippen molar-refractivity contribution in [2.45, 2.75) is 26.4 Å². The van der Waals surface area contributed by atoms with E-state index in [1.54, 1.807) is 20.8 Å². The van der Waals surface area contributed by atoms with Gasteiger partial charge in [-0.15, -0.1) is 0 Å². The van der Waals surface area contributed by atoms with E-state index >= 15 is 0 Å². The van der Waals surface area contributed by atoms with Crippen LogP contribution in [0.15, 0.2) is 42.5 Å². The quantitative estimate of drug-likeness (QED) is 0.612. The zero-order valence-electron chi connectivity index (χ0n) is 15.0. The second-order valence-electron chi connectivity index (χ2n) is 6.75. The van der Waals surface area contributed by atoms with E-state index in [9.17, 15) is 29.4 Å². The molecule has 140 valence electrons. The molecule has 0 saturated carbocycles. The number of ether oxygens (including phenoxy) is 1. The van der Waals surface area contributed by atoms with Gasteiger partial charge in [-0.25, -0.2) is 14.4 Å². The first-order valence-corrected chi connectivity index (χ1v) is 7.99. The molecule has 7 nitrogen and oxygen atoms in total. The highest BCUT2D eigenvalue weighted by Crippen LogP contribution is 2.21. The van der Waals surface area contributed by atoms with Gasteiger partial charge in [-0.3, -0.25) is 4.79 Å². The fraction of sp³-hybridized carbons (Fsp3) is 0.200. The molecule has 0 heterocycles. The minimum atomic E-state index is -1.42. The number of aromatic carboxylic acids is 2. The number of carbonyl (C=O) groups is 4. The van der Waals surface area contributed by atoms with E-state index in [2.05, 4.69) is 0 Å². The molecular weight excluding hydrogens is 352 g/mol. The summed E-state index contributed by atoms with van der Waals surface area (Å²) in [5, 5.41) is 18.7. The molecule has 2 aromatic carbocycles. The number of rotatable bonds is 5. The van der Waals surface area contributed by atoms with E-state index in [0.717, 1.165) is 6.07 Å². The first-order valence-electron chi connectivity index (χ1n) is 7.99. The van der Waals surface area contributed by atoms with E-state index in [1.807, 2.05) is 0 Å². The molecule has 27 heavy (non-hydrogen) atoms. The van der Waals surface area contributed by atoms with Crippen LogP contribution < -0.4 is 0 Å². The Kier molecular flexibility index (Phi) is 5.44. The normalized spacial score (nSPS) is 10.9. The van der Waals surface area contributed by atoms with Crippen LogP contribution in [0.4, 0.5) is 0 Å². The van der Waals surface area contributed by atoms with Crippen LogP contribution in [0, 0.1) is 0 Å². The van der Waals surface area contributed by atoms with Gasteiger partial charge in [0.2, 0.25) is 0 Å². The van der Waals surface area contributed by atoms with Crippen molar-refractivity contribution < 1.29 is 34.1 Å². The van der Waals surface area contributed by atoms with Gasteiger partial charge in [-0.1, -0.05) is 18.2 Å². The number of esters is 1. The lowest BCUT2D eigenvalue weighted by Gasteiger charge is -2.19. The highest BCUT2D eigenvalue weighted by Gasteiger charge is 2.25. The van der Waals surface area contributed by atoms with Gasteiger partial charge < -0.3 is 14.9 Å². The maximum atomic E-state index is 12.8. The van der Waals surface area contributed by atoms with Crippen molar-refractivity contribution >= 4 is 23.7 Å². The van der Waals surface area contributed by atoms with Crippen LogP contribution in [-0.4, -0.2) is 39.5 Å². The van der Waals surface area contributed by atoms with Crippen molar-refractivity contribution in [1.82, 2.24) is 0 Å². The zero-order valence-corrected chi connectivity index (χ0v) is 15.0. The second kappa shape index (κ2) is 7.41. The van der Waals surface area contributed by atoms with Crippen molar-refractivity contribution in [3.63, 3.8) is 0 Å². The molecular formula is C20H18O7. The average molecular weight is 370 g/mol. The smallest absolute Gasteiger partial charge is 0.338 e. The average Bonchev–Trinajstić information content (AvgIpc) is 2.59. The standard InChI is InChI=1S/C20H18O7/c1-20(2,3)27-19(26)11-8-9-13(15(10-11)18(24)25)16(21)12-6-4-5-7-14(12)17(22)23/h4-10H,1-3H3,(H,22,23)(H,24,25). The van der Waals surface area contributed by atoms with Gasteiger partial charge in [0.25, 0.3) is 0 Å². The molecule has 0 spiro atoms. The van der Waals surface area contributed by atoms with Crippen LogP contribution >= 0.6 is 0 Å². The van der Waals surface area contributed by atoms with E-state index in [0.29, 0.717) is 0 Å². The number of ketones is 1. The summed E-state index contributed by atoms with van der Waals surface area (Å²) in [5.41, 5.74) is -1.81. The van der Waals surface area contributed by atoms with Crippen molar-refractivity contribution in [1.29, 1.82) is 0 Å². The Balaban J connectivity index is 2.52. The lowest BCUT2D eigenvalue weighted by Crippen LogP contribution is -2.24. The van der Waals surface area contributed by atoms with E-state index in [-0.39, 0.29) is 22.3 Å². The molecule has 0 atom stereocenters. The molecule has 0 aliphatic rings. The summed E-state index contributed by atoms with van der Waals surface area (Å²) in [6.07, 6.45) is 0. The maximum absolute atomic E-state index is 12.8. The number of carboxylic acid groups (broad SMARTS) is 2. The van der Waals surface area contributed by atoms with Crippen LogP contribution in [0.3, 0.4) is 0 Å². The van der Waals surface area contributed by atoms with Crippen molar-refractivity contribution in [3.8, 4) is 0 Å². The fourth-order valence-electron chi connectivity index (χ4n) is 2.40. The van der Waals surface area contributed by atoms with Crippen LogP contribution in [-0.2, 0) is 4.74 Å². The van der Waals surface area contributed by atoms with Gasteiger partial charge >= 0.3 is 17.9 Å². The third-order valence-corrected chi connectivity index (χ3v) is 3.53. The molecule has 0 unspecified atom stereocenters. The molecule has 0 aliphatic heterocycles. The molecule has 2 rings (SSSR count). The number of benzene rings is 2. The van der Waals surface area contributed by atoms with Crippen LogP contribution in [0.5, 0.6) is 0 Å². The predicted octanol–water partition coefficient (Wildman–Crippen LogP) is 3.27. The van der Waals surface area contributed by atoms with Crippen molar-refractivity contribution in [2.24, 2.45) is 0 Å². The molecule has 2 N–H and O–H groups in total. The van der Waals surface area contributed by atoms with Crippen molar-refractivity contribution in [3.05, 3.63) is 70.3 Å².